The Kier molecular flexibility index (Phi) is 6.22. The molecule has 0 spiro atoms. The highest BCUT2D eigenvalue weighted by molar-refractivity contribution is 9.10. The Hall–Kier alpha value is -0.870. The Morgan fingerprint density at radius 1 is 1.47 bits per heavy atom. The number of halogens is 1. The highest BCUT2D eigenvalue weighted by Crippen LogP contribution is 2.23. The van der Waals surface area contributed by atoms with Crippen LogP contribution in [0.1, 0.15) is 18.9 Å². The maximum absolute atomic E-state index is 11.7. The predicted molar refractivity (Wildman–Crippen MR) is 72.6 cm³/mol. The number of methoxy groups -OCH3 is 1. The highest BCUT2D eigenvalue weighted by atomic mass is 79.9. The predicted octanol–water partition coefficient (Wildman–Crippen LogP) is 2.57. The molecule has 0 saturated carbocycles. The van der Waals surface area contributed by atoms with Gasteiger partial charge in [-0.3, -0.25) is 4.79 Å². The molecule has 1 aromatic rings. The van der Waals surface area contributed by atoms with E-state index in [1.807, 2.05) is 18.2 Å². The molecule has 0 aliphatic rings. The highest BCUT2D eigenvalue weighted by Gasteiger charge is 2.08. The SMILES string of the molecule is CCCNCC(=O)Cc1cc(Br)ccc1OC. The zero-order valence-electron chi connectivity index (χ0n) is 10.3. The molecule has 0 bridgehead atoms. The third kappa shape index (κ3) is 4.88. The van der Waals surface area contributed by atoms with Crippen molar-refractivity contribution in [2.75, 3.05) is 20.2 Å². The van der Waals surface area contributed by atoms with Crippen molar-refractivity contribution in [3.63, 3.8) is 0 Å². The van der Waals surface area contributed by atoms with Gasteiger partial charge in [-0.1, -0.05) is 22.9 Å². The fourth-order valence-corrected chi connectivity index (χ4v) is 1.97. The van der Waals surface area contributed by atoms with Crippen molar-refractivity contribution in [1.29, 1.82) is 0 Å². The van der Waals surface area contributed by atoms with Crippen molar-refractivity contribution in [1.82, 2.24) is 5.32 Å². The van der Waals surface area contributed by atoms with E-state index in [-0.39, 0.29) is 5.78 Å². The Balaban J connectivity index is 2.60. The average Bonchev–Trinajstić information content (AvgIpc) is 2.29. The van der Waals surface area contributed by atoms with E-state index >= 15 is 0 Å². The molecular formula is C13H18BrNO2. The Morgan fingerprint density at radius 2 is 2.24 bits per heavy atom. The van der Waals surface area contributed by atoms with Crippen LogP contribution in [-0.4, -0.2) is 26.0 Å². The van der Waals surface area contributed by atoms with Crippen LogP contribution in [0.5, 0.6) is 5.75 Å². The van der Waals surface area contributed by atoms with Gasteiger partial charge in [-0.15, -0.1) is 0 Å². The molecule has 0 atom stereocenters. The number of rotatable bonds is 7. The van der Waals surface area contributed by atoms with Crippen molar-refractivity contribution in [2.24, 2.45) is 0 Å². The first kappa shape index (κ1) is 14.2. The van der Waals surface area contributed by atoms with E-state index in [9.17, 15) is 4.79 Å². The summed E-state index contributed by atoms with van der Waals surface area (Å²) in [6.07, 6.45) is 1.44. The molecule has 1 aromatic carbocycles. The summed E-state index contributed by atoms with van der Waals surface area (Å²) in [6.45, 7) is 3.37. The van der Waals surface area contributed by atoms with Crippen LogP contribution in [0.25, 0.3) is 0 Å². The third-order valence-electron chi connectivity index (χ3n) is 2.38. The van der Waals surface area contributed by atoms with Gasteiger partial charge >= 0.3 is 0 Å². The van der Waals surface area contributed by atoms with E-state index in [4.69, 9.17) is 4.74 Å². The van der Waals surface area contributed by atoms with Crippen LogP contribution in [0, 0.1) is 0 Å². The molecule has 0 radical (unpaired) electrons. The van der Waals surface area contributed by atoms with Crippen LogP contribution in [0.2, 0.25) is 0 Å². The smallest absolute Gasteiger partial charge is 0.151 e. The summed E-state index contributed by atoms with van der Waals surface area (Å²) in [6, 6.07) is 5.70. The molecule has 4 heteroatoms. The van der Waals surface area contributed by atoms with Crippen molar-refractivity contribution in [2.45, 2.75) is 19.8 Å². The fourth-order valence-electron chi connectivity index (χ4n) is 1.56. The summed E-state index contributed by atoms with van der Waals surface area (Å²) in [5.41, 5.74) is 0.921. The monoisotopic (exact) mass is 299 g/mol. The van der Waals surface area contributed by atoms with E-state index in [1.165, 1.54) is 0 Å². The topological polar surface area (TPSA) is 38.3 Å². The zero-order chi connectivity index (χ0) is 12.7. The number of hydrogen-bond acceptors (Lipinski definition) is 3. The van der Waals surface area contributed by atoms with E-state index in [2.05, 4.69) is 28.2 Å². The maximum atomic E-state index is 11.7. The number of carbonyl (C=O) groups is 1. The molecule has 0 fully saturated rings. The summed E-state index contributed by atoms with van der Waals surface area (Å²) in [7, 11) is 1.62. The second-order valence-electron chi connectivity index (χ2n) is 3.85. The minimum atomic E-state index is 0.176. The number of benzene rings is 1. The molecule has 0 unspecified atom stereocenters. The molecule has 1 N–H and O–H groups in total. The van der Waals surface area contributed by atoms with Crippen LogP contribution in [0.3, 0.4) is 0 Å². The summed E-state index contributed by atoms with van der Waals surface area (Å²) in [4.78, 5) is 11.7. The molecule has 3 nitrogen and oxygen atoms in total. The van der Waals surface area contributed by atoms with E-state index in [1.54, 1.807) is 7.11 Å². The van der Waals surface area contributed by atoms with E-state index < -0.39 is 0 Å². The van der Waals surface area contributed by atoms with Gasteiger partial charge in [-0.05, 0) is 31.2 Å². The lowest BCUT2D eigenvalue weighted by molar-refractivity contribution is -0.117. The van der Waals surface area contributed by atoms with E-state index in [0.29, 0.717) is 13.0 Å². The lowest BCUT2D eigenvalue weighted by atomic mass is 10.1. The molecular weight excluding hydrogens is 282 g/mol. The van der Waals surface area contributed by atoms with Gasteiger partial charge in [0.2, 0.25) is 0 Å². The number of hydrogen-bond donors (Lipinski definition) is 1. The Bertz CT molecular complexity index is 380. The number of carbonyl (C=O) groups excluding carboxylic acids is 1. The van der Waals surface area contributed by atoms with Crippen LogP contribution < -0.4 is 10.1 Å². The van der Waals surface area contributed by atoms with Gasteiger partial charge in [0.25, 0.3) is 0 Å². The largest absolute Gasteiger partial charge is 0.496 e. The molecule has 1 rings (SSSR count). The Labute approximate surface area is 111 Å². The summed E-state index contributed by atoms with van der Waals surface area (Å²) < 4.78 is 6.19. The Morgan fingerprint density at radius 3 is 2.88 bits per heavy atom. The summed E-state index contributed by atoms with van der Waals surface area (Å²) in [5.74, 6) is 0.937. The standard InChI is InChI=1S/C13H18BrNO2/c1-3-6-15-9-12(16)8-10-7-11(14)4-5-13(10)17-2/h4-5,7,15H,3,6,8-9H2,1-2H3. The van der Waals surface area contributed by atoms with Gasteiger partial charge in [-0.25, -0.2) is 0 Å². The quantitative estimate of drug-likeness (QED) is 0.787. The number of ether oxygens (including phenoxy) is 1. The summed E-state index contributed by atoms with van der Waals surface area (Å²) >= 11 is 3.40. The first-order chi connectivity index (χ1) is 8.17. The van der Waals surface area contributed by atoms with Crippen LogP contribution >= 0.6 is 15.9 Å². The third-order valence-corrected chi connectivity index (χ3v) is 2.87. The van der Waals surface area contributed by atoms with Crippen molar-refractivity contribution in [3.8, 4) is 5.75 Å². The zero-order valence-corrected chi connectivity index (χ0v) is 11.8. The van der Waals surface area contributed by atoms with Gasteiger partial charge < -0.3 is 10.1 Å². The minimum absolute atomic E-state index is 0.176. The van der Waals surface area contributed by atoms with Crippen LogP contribution in [-0.2, 0) is 11.2 Å². The van der Waals surface area contributed by atoms with E-state index in [0.717, 1.165) is 28.8 Å². The maximum Gasteiger partial charge on any atom is 0.151 e. The molecule has 17 heavy (non-hydrogen) atoms. The normalized spacial score (nSPS) is 10.3. The lowest BCUT2D eigenvalue weighted by Gasteiger charge is -2.08. The van der Waals surface area contributed by atoms with Crippen molar-refractivity contribution < 1.29 is 9.53 Å². The average molecular weight is 300 g/mol. The summed E-state index contributed by atoms with van der Waals surface area (Å²) in [5, 5.41) is 3.11. The van der Waals surface area contributed by atoms with Gasteiger partial charge in [0.1, 0.15) is 5.75 Å². The lowest BCUT2D eigenvalue weighted by Crippen LogP contribution is -2.24. The van der Waals surface area contributed by atoms with Gasteiger partial charge in [0.05, 0.1) is 13.7 Å². The second-order valence-corrected chi connectivity index (χ2v) is 4.76. The van der Waals surface area contributed by atoms with Crippen LogP contribution in [0.4, 0.5) is 0 Å². The molecule has 0 aliphatic carbocycles. The molecule has 0 saturated heterocycles. The molecule has 0 amide bonds. The molecule has 0 heterocycles. The molecule has 94 valence electrons. The van der Waals surface area contributed by atoms with Crippen molar-refractivity contribution >= 4 is 21.7 Å². The van der Waals surface area contributed by atoms with Gasteiger partial charge in [0.15, 0.2) is 5.78 Å². The first-order valence-electron chi connectivity index (χ1n) is 5.72. The van der Waals surface area contributed by atoms with Crippen molar-refractivity contribution in [3.05, 3.63) is 28.2 Å². The molecule has 0 aliphatic heterocycles. The fraction of sp³-hybridized carbons (Fsp3) is 0.462. The molecule has 0 aromatic heterocycles. The second kappa shape index (κ2) is 7.45. The minimum Gasteiger partial charge on any atom is -0.496 e. The first-order valence-corrected chi connectivity index (χ1v) is 6.51. The number of ketones is 1. The van der Waals surface area contributed by atoms with Gasteiger partial charge in [-0.2, -0.15) is 0 Å². The number of nitrogens with one attached hydrogen (secondary N) is 1. The van der Waals surface area contributed by atoms with Gasteiger partial charge in [0, 0.05) is 16.5 Å². The number of Topliss-reactive ketones (excluding diaryl/α,β-unsaturated/α-hetero) is 1. The van der Waals surface area contributed by atoms with Crippen LogP contribution in [0.15, 0.2) is 22.7 Å².